The minimum atomic E-state index is -0.621. The van der Waals surface area contributed by atoms with Crippen LogP contribution in [0.25, 0.3) is 0 Å². The Morgan fingerprint density at radius 2 is 1.32 bits per heavy atom. The molecule has 0 N–H and O–H groups in total. The van der Waals surface area contributed by atoms with Crippen LogP contribution in [0.5, 0.6) is 0 Å². The molecule has 0 fully saturated rings. The van der Waals surface area contributed by atoms with Gasteiger partial charge in [0.15, 0.2) is 0 Å². The lowest BCUT2D eigenvalue weighted by Crippen LogP contribution is -2.28. The Bertz CT molecular complexity index is 559. The van der Waals surface area contributed by atoms with Crippen LogP contribution in [0.2, 0.25) is 0 Å². The highest BCUT2D eigenvalue weighted by molar-refractivity contribution is 6.03. The molecule has 0 bridgehead atoms. The molecule has 22 heavy (non-hydrogen) atoms. The number of benzene rings is 1. The molecule has 0 aliphatic heterocycles. The molecule has 0 amide bonds. The highest BCUT2D eigenvalue weighted by Gasteiger charge is 2.26. The van der Waals surface area contributed by atoms with E-state index in [1.54, 1.807) is 53.7 Å². The fraction of sp³-hybridized carbons (Fsp3) is 0.556. The van der Waals surface area contributed by atoms with Gasteiger partial charge in [-0.05, 0) is 65.7 Å². The molecule has 4 heteroatoms. The summed E-state index contributed by atoms with van der Waals surface area (Å²) in [6.45, 7) is 12.7. The molecule has 0 aliphatic carbocycles. The molecule has 122 valence electrons. The summed E-state index contributed by atoms with van der Waals surface area (Å²) < 4.78 is 10.8. The smallest absolute Gasteiger partial charge is 0.339 e. The monoisotopic (exact) mass is 306 g/mol. The van der Waals surface area contributed by atoms with E-state index in [9.17, 15) is 9.59 Å². The number of carbonyl (C=O) groups excluding carboxylic acids is 2. The highest BCUT2D eigenvalue weighted by atomic mass is 16.6. The average Bonchev–Trinajstić information content (AvgIpc) is 2.33. The Kier molecular flexibility index (Phi) is 5.39. The third-order valence-electron chi connectivity index (χ3n) is 2.73. The fourth-order valence-corrected chi connectivity index (χ4v) is 1.82. The molecule has 4 nitrogen and oxygen atoms in total. The summed E-state index contributed by atoms with van der Waals surface area (Å²) >= 11 is 0. The Labute approximate surface area is 132 Å². The predicted molar refractivity (Wildman–Crippen MR) is 86.2 cm³/mol. The maximum Gasteiger partial charge on any atom is 0.339 e. The molecule has 0 aliphatic rings. The average molecular weight is 306 g/mol. The van der Waals surface area contributed by atoms with Gasteiger partial charge in [0.1, 0.15) is 11.2 Å². The molecule has 0 atom stereocenters. The molecule has 0 saturated heterocycles. The van der Waals surface area contributed by atoms with Gasteiger partial charge in [-0.25, -0.2) is 9.59 Å². The van der Waals surface area contributed by atoms with Gasteiger partial charge in [-0.2, -0.15) is 0 Å². The van der Waals surface area contributed by atoms with Crippen LogP contribution >= 0.6 is 0 Å². The maximum atomic E-state index is 12.4. The van der Waals surface area contributed by atoms with E-state index in [0.29, 0.717) is 0 Å². The van der Waals surface area contributed by atoms with Crippen molar-refractivity contribution in [1.82, 2.24) is 0 Å². The van der Waals surface area contributed by atoms with Crippen molar-refractivity contribution in [3.8, 4) is 0 Å². The zero-order valence-electron chi connectivity index (χ0n) is 14.6. The van der Waals surface area contributed by atoms with Crippen LogP contribution in [0.3, 0.4) is 0 Å². The van der Waals surface area contributed by atoms with Crippen molar-refractivity contribution in [3.63, 3.8) is 0 Å². The molecular weight excluding hydrogens is 280 g/mol. The summed E-state index contributed by atoms with van der Waals surface area (Å²) in [5, 5.41) is 0. The summed E-state index contributed by atoms with van der Waals surface area (Å²) in [6, 6.07) is 5.16. The Morgan fingerprint density at radius 1 is 0.864 bits per heavy atom. The third kappa shape index (κ3) is 5.51. The van der Waals surface area contributed by atoms with Gasteiger partial charge in [-0.15, -0.1) is 0 Å². The van der Waals surface area contributed by atoms with Gasteiger partial charge < -0.3 is 9.47 Å². The van der Waals surface area contributed by atoms with E-state index >= 15 is 0 Å². The van der Waals surface area contributed by atoms with Gasteiger partial charge in [0.25, 0.3) is 0 Å². The number of hydrogen-bond donors (Lipinski definition) is 0. The van der Waals surface area contributed by atoms with Gasteiger partial charge in [0.2, 0.25) is 0 Å². The second-order valence-electron chi connectivity index (χ2n) is 7.24. The van der Waals surface area contributed by atoms with E-state index in [4.69, 9.17) is 9.47 Å². The van der Waals surface area contributed by atoms with Crippen LogP contribution in [-0.2, 0) is 15.9 Å². The topological polar surface area (TPSA) is 52.6 Å². The normalized spacial score (nSPS) is 12.0. The minimum Gasteiger partial charge on any atom is -0.456 e. The maximum absolute atomic E-state index is 12.4. The van der Waals surface area contributed by atoms with E-state index in [1.807, 2.05) is 13.0 Å². The first kappa shape index (κ1) is 18.2. The molecular formula is C18H26O4. The van der Waals surface area contributed by atoms with Crippen LogP contribution in [0.15, 0.2) is 18.2 Å². The quantitative estimate of drug-likeness (QED) is 0.787. The molecule has 1 aromatic carbocycles. The van der Waals surface area contributed by atoms with Crippen molar-refractivity contribution in [3.05, 3.63) is 34.9 Å². The lowest BCUT2D eigenvalue weighted by molar-refractivity contribution is 0.00186. The lowest BCUT2D eigenvalue weighted by Gasteiger charge is -2.22. The molecule has 1 rings (SSSR count). The van der Waals surface area contributed by atoms with E-state index in [0.717, 1.165) is 12.0 Å². The van der Waals surface area contributed by atoms with E-state index in [2.05, 4.69) is 0 Å². The first-order valence-corrected chi connectivity index (χ1v) is 7.52. The van der Waals surface area contributed by atoms with Crippen molar-refractivity contribution in [2.24, 2.45) is 0 Å². The summed E-state index contributed by atoms with van der Waals surface area (Å²) in [4.78, 5) is 24.7. The number of rotatable bonds is 3. The van der Waals surface area contributed by atoms with Crippen molar-refractivity contribution in [2.75, 3.05) is 0 Å². The highest BCUT2D eigenvalue weighted by Crippen LogP contribution is 2.21. The van der Waals surface area contributed by atoms with Crippen molar-refractivity contribution in [2.45, 2.75) is 66.1 Å². The summed E-state index contributed by atoms with van der Waals surface area (Å²) in [7, 11) is 0. The van der Waals surface area contributed by atoms with Gasteiger partial charge in [0.05, 0.1) is 11.1 Å². The van der Waals surface area contributed by atoms with Crippen LogP contribution in [-0.4, -0.2) is 23.1 Å². The first-order chi connectivity index (χ1) is 9.93. The Balaban J connectivity index is 3.22. The molecule has 0 heterocycles. The zero-order valence-corrected chi connectivity index (χ0v) is 14.6. The fourth-order valence-electron chi connectivity index (χ4n) is 1.82. The molecule has 0 aromatic heterocycles. The standard InChI is InChI=1S/C18H26O4/c1-8-12-9-10-13(15(19)21-17(2,3)4)14(11-12)16(20)22-18(5,6)7/h9-11H,8H2,1-7H3. The lowest BCUT2D eigenvalue weighted by atomic mass is 10.0. The van der Waals surface area contributed by atoms with E-state index < -0.39 is 23.1 Å². The SMILES string of the molecule is CCc1ccc(C(=O)OC(C)(C)C)c(C(=O)OC(C)(C)C)c1. The molecule has 0 unspecified atom stereocenters. The molecule has 0 saturated carbocycles. The first-order valence-electron chi connectivity index (χ1n) is 7.52. The van der Waals surface area contributed by atoms with Crippen molar-refractivity contribution in [1.29, 1.82) is 0 Å². The Hall–Kier alpha value is -1.84. The predicted octanol–water partition coefficient (Wildman–Crippen LogP) is 4.16. The minimum absolute atomic E-state index is 0.237. The number of ether oxygens (including phenoxy) is 2. The number of hydrogen-bond acceptors (Lipinski definition) is 4. The van der Waals surface area contributed by atoms with E-state index in [1.165, 1.54) is 0 Å². The molecule has 0 spiro atoms. The van der Waals surface area contributed by atoms with Crippen LogP contribution < -0.4 is 0 Å². The summed E-state index contributed by atoms with van der Waals surface area (Å²) in [5.41, 5.74) is 0.217. The Morgan fingerprint density at radius 3 is 1.73 bits per heavy atom. The largest absolute Gasteiger partial charge is 0.456 e. The number of carbonyl (C=O) groups is 2. The second-order valence-corrected chi connectivity index (χ2v) is 7.24. The van der Waals surface area contributed by atoms with Gasteiger partial charge >= 0.3 is 11.9 Å². The summed E-state index contributed by atoms with van der Waals surface area (Å²) in [5.74, 6) is -1.03. The van der Waals surface area contributed by atoms with Crippen LogP contribution in [0.4, 0.5) is 0 Å². The zero-order chi connectivity index (χ0) is 17.1. The van der Waals surface area contributed by atoms with Crippen LogP contribution in [0, 0.1) is 0 Å². The van der Waals surface area contributed by atoms with Gasteiger partial charge in [-0.3, -0.25) is 0 Å². The third-order valence-corrected chi connectivity index (χ3v) is 2.73. The second kappa shape index (κ2) is 6.51. The van der Waals surface area contributed by atoms with Gasteiger partial charge in [0, 0.05) is 0 Å². The van der Waals surface area contributed by atoms with Crippen molar-refractivity contribution >= 4 is 11.9 Å². The molecule has 0 radical (unpaired) electrons. The van der Waals surface area contributed by atoms with E-state index in [-0.39, 0.29) is 11.1 Å². The van der Waals surface area contributed by atoms with Gasteiger partial charge in [-0.1, -0.05) is 13.0 Å². The van der Waals surface area contributed by atoms with Crippen molar-refractivity contribution < 1.29 is 19.1 Å². The van der Waals surface area contributed by atoms with Crippen LogP contribution in [0.1, 0.15) is 74.7 Å². The molecule has 1 aromatic rings. The number of aryl methyl sites for hydroxylation is 1. The number of esters is 2. The summed E-state index contributed by atoms with van der Waals surface area (Å²) in [6.07, 6.45) is 0.768.